The highest BCUT2D eigenvalue weighted by molar-refractivity contribution is 5.92. The van der Waals surface area contributed by atoms with Crippen LogP contribution in [0.5, 0.6) is 0 Å². The summed E-state index contributed by atoms with van der Waals surface area (Å²) in [5.41, 5.74) is 0.625. The molecule has 0 radical (unpaired) electrons. The molecular formula is C15H25N3O2. The Morgan fingerprint density at radius 1 is 1.50 bits per heavy atom. The van der Waals surface area contributed by atoms with Crippen molar-refractivity contribution in [2.75, 3.05) is 13.2 Å². The average Bonchev–Trinajstić information content (AvgIpc) is 3.04. The Hall–Kier alpha value is -1.36. The molecular weight excluding hydrogens is 254 g/mol. The van der Waals surface area contributed by atoms with E-state index in [-0.39, 0.29) is 18.1 Å². The third kappa shape index (κ3) is 3.20. The SMILES string of the molecule is CC(C)[C@H]1OCC[C@@H]1CNC(=O)c1ccnn1C(C)C. The molecule has 0 spiro atoms. The molecule has 112 valence electrons. The summed E-state index contributed by atoms with van der Waals surface area (Å²) < 4.78 is 7.49. The van der Waals surface area contributed by atoms with Crippen LogP contribution in [0.4, 0.5) is 0 Å². The molecule has 0 bridgehead atoms. The second-order valence-electron chi connectivity index (χ2n) is 6.09. The zero-order chi connectivity index (χ0) is 14.7. The standard InChI is InChI=1S/C15H25N3O2/c1-10(2)14-12(6-8-20-14)9-16-15(19)13-5-7-17-18(13)11(3)4/h5,7,10-12,14H,6,8-9H2,1-4H3,(H,16,19)/t12-,14-/m1/s1. The van der Waals surface area contributed by atoms with E-state index in [9.17, 15) is 4.79 Å². The predicted octanol–water partition coefficient (Wildman–Crippen LogP) is 2.25. The number of nitrogens with one attached hydrogen (secondary N) is 1. The zero-order valence-corrected chi connectivity index (χ0v) is 12.8. The number of aromatic nitrogens is 2. The molecule has 2 rings (SSSR count). The fourth-order valence-corrected chi connectivity index (χ4v) is 2.83. The lowest BCUT2D eigenvalue weighted by Gasteiger charge is -2.22. The molecule has 5 heteroatoms. The van der Waals surface area contributed by atoms with Gasteiger partial charge in [-0.2, -0.15) is 5.10 Å². The summed E-state index contributed by atoms with van der Waals surface area (Å²) >= 11 is 0. The number of ether oxygens (including phenoxy) is 1. The van der Waals surface area contributed by atoms with E-state index < -0.39 is 0 Å². The van der Waals surface area contributed by atoms with Crippen molar-refractivity contribution >= 4 is 5.91 Å². The Labute approximate surface area is 120 Å². The van der Waals surface area contributed by atoms with E-state index in [1.165, 1.54) is 0 Å². The van der Waals surface area contributed by atoms with Gasteiger partial charge < -0.3 is 10.1 Å². The van der Waals surface area contributed by atoms with Gasteiger partial charge >= 0.3 is 0 Å². The number of amides is 1. The van der Waals surface area contributed by atoms with Crippen LogP contribution >= 0.6 is 0 Å². The quantitative estimate of drug-likeness (QED) is 0.899. The molecule has 2 atom stereocenters. The summed E-state index contributed by atoms with van der Waals surface area (Å²) in [7, 11) is 0. The Morgan fingerprint density at radius 3 is 2.90 bits per heavy atom. The van der Waals surface area contributed by atoms with Gasteiger partial charge in [-0.25, -0.2) is 0 Å². The number of carbonyl (C=O) groups is 1. The molecule has 0 aromatic carbocycles. The number of hydrogen-bond acceptors (Lipinski definition) is 3. The fourth-order valence-electron chi connectivity index (χ4n) is 2.83. The van der Waals surface area contributed by atoms with E-state index in [1.54, 1.807) is 16.9 Å². The molecule has 1 N–H and O–H groups in total. The first kappa shape index (κ1) is 15.0. The van der Waals surface area contributed by atoms with Crippen LogP contribution in [0, 0.1) is 11.8 Å². The van der Waals surface area contributed by atoms with Crippen molar-refractivity contribution in [1.82, 2.24) is 15.1 Å². The van der Waals surface area contributed by atoms with Gasteiger partial charge in [-0.1, -0.05) is 13.8 Å². The highest BCUT2D eigenvalue weighted by Crippen LogP contribution is 2.26. The van der Waals surface area contributed by atoms with E-state index in [1.807, 2.05) is 13.8 Å². The Morgan fingerprint density at radius 2 is 2.25 bits per heavy atom. The number of rotatable bonds is 5. The minimum Gasteiger partial charge on any atom is -0.378 e. The van der Waals surface area contributed by atoms with E-state index in [0.717, 1.165) is 13.0 Å². The van der Waals surface area contributed by atoms with Gasteiger partial charge in [0.15, 0.2) is 0 Å². The minimum absolute atomic E-state index is 0.0504. The van der Waals surface area contributed by atoms with Crippen LogP contribution in [0.15, 0.2) is 12.3 Å². The van der Waals surface area contributed by atoms with Gasteiger partial charge in [0.25, 0.3) is 5.91 Å². The van der Waals surface area contributed by atoms with Crippen LogP contribution in [0.1, 0.15) is 50.6 Å². The first-order valence-electron chi connectivity index (χ1n) is 7.44. The highest BCUT2D eigenvalue weighted by Gasteiger charge is 2.31. The van der Waals surface area contributed by atoms with Gasteiger partial charge in [0, 0.05) is 31.3 Å². The molecule has 1 aromatic rings. The van der Waals surface area contributed by atoms with Gasteiger partial charge in [-0.05, 0) is 32.3 Å². The molecule has 1 aliphatic heterocycles. The van der Waals surface area contributed by atoms with Crippen molar-refractivity contribution in [3.8, 4) is 0 Å². The maximum absolute atomic E-state index is 12.3. The van der Waals surface area contributed by atoms with E-state index in [0.29, 0.717) is 24.1 Å². The molecule has 1 saturated heterocycles. The van der Waals surface area contributed by atoms with E-state index in [4.69, 9.17) is 4.74 Å². The third-order valence-corrected chi connectivity index (χ3v) is 3.84. The molecule has 1 amide bonds. The van der Waals surface area contributed by atoms with Gasteiger partial charge in [0.2, 0.25) is 0 Å². The van der Waals surface area contributed by atoms with Gasteiger partial charge in [0.05, 0.1) is 6.10 Å². The average molecular weight is 279 g/mol. The van der Waals surface area contributed by atoms with Crippen molar-refractivity contribution in [3.63, 3.8) is 0 Å². The first-order valence-corrected chi connectivity index (χ1v) is 7.44. The molecule has 0 saturated carbocycles. The number of hydrogen-bond donors (Lipinski definition) is 1. The van der Waals surface area contributed by atoms with Crippen LogP contribution < -0.4 is 5.32 Å². The Bertz CT molecular complexity index is 454. The van der Waals surface area contributed by atoms with Crippen LogP contribution in [0.25, 0.3) is 0 Å². The number of carbonyl (C=O) groups excluding carboxylic acids is 1. The third-order valence-electron chi connectivity index (χ3n) is 3.84. The fraction of sp³-hybridized carbons (Fsp3) is 0.733. The van der Waals surface area contributed by atoms with Gasteiger partial charge in [-0.3, -0.25) is 9.48 Å². The maximum Gasteiger partial charge on any atom is 0.269 e. The van der Waals surface area contributed by atoms with Crippen molar-refractivity contribution < 1.29 is 9.53 Å². The summed E-state index contributed by atoms with van der Waals surface area (Å²) in [5, 5.41) is 7.22. The minimum atomic E-state index is -0.0504. The van der Waals surface area contributed by atoms with E-state index in [2.05, 4.69) is 24.3 Å². The monoisotopic (exact) mass is 279 g/mol. The summed E-state index contributed by atoms with van der Waals surface area (Å²) in [6.45, 7) is 9.84. The lowest BCUT2D eigenvalue weighted by Crippen LogP contribution is -2.35. The van der Waals surface area contributed by atoms with Crippen molar-refractivity contribution in [3.05, 3.63) is 18.0 Å². The smallest absolute Gasteiger partial charge is 0.269 e. The summed E-state index contributed by atoms with van der Waals surface area (Å²) in [5.74, 6) is 0.848. The van der Waals surface area contributed by atoms with Crippen molar-refractivity contribution in [2.45, 2.75) is 46.3 Å². The molecule has 1 aromatic heterocycles. The topological polar surface area (TPSA) is 56.1 Å². The van der Waals surface area contributed by atoms with Crippen LogP contribution in [0.3, 0.4) is 0 Å². The van der Waals surface area contributed by atoms with Gasteiger partial charge in [-0.15, -0.1) is 0 Å². The lowest BCUT2D eigenvalue weighted by molar-refractivity contribution is 0.0532. The summed E-state index contributed by atoms with van der Waals surface area (Å²) in [6, 6.07) is 1.95. The van der Waals surface area contributed by atoms with E-state index >= 15 is 0 Å². The lowest BCUT2D eigenvalue weighted by atomic mass is 9.93. The first-order chi connectivity index (χ1) is 9.50. The molecule has 20 heavy (non-hydrogen) atoms. The Balaban J connectivity index is 1.93. The summed E-state index contributed by atoms with van der Waals surface area (Å²) in [4.78, 5) is 12.3. The maximum atomic E-state index is 12.3. The van der Waals surface area contributed by atoms with Crippen LogP contribution in [-0.2, 0) is 4.74 Å². The molecule has 0 unspecified atom stereocenters. The number of nitrogens with zero attached hydrogens (tertiary/aromatic N) is 2. The van der Waals surface area contributed by atoms with Crippen molar-refractivity contribution in [1.29, 1.82) is 0 Å². The molecule has 2 heterocycles. The largest absolute Gasteiger partial charge is 0.378 e. The predicted molar refractivity (Wildman–Crippen MR) is 77.6 cm³/mol. The molecule has 5 nitrogen and oxygen atoms in total. The highest BCUT2D eigenvalue weighted by atomic mass is 16.5. The normalized spacial score (nSPS) is 22.7. The Kier molecular flexibility index (Phi) is 4.81. The van der Waals surface area contributed by atoms with Crippen molar-refractivity contribution in [2.24, 2.45) is 11.8 Å². The van der Waals surface area contributed by atoms with Crippen LogP contribution in [-0.4, -0.2) is 34.9 Å². The van der Waals surface area contributed by atoms with Gasteiger partial charge in [0.1, 0.15) is 5.69 Å². The van der Waals surface area contributed by atoms with Crippen LogP contribution in [0.2, 0.25) is 0 Å². The second-order valence-corrected chi connectivity index (χ2v) is 6.09. The zero-order valence-electron chi connectivity index (χ0n) is 12.8. The molecule has 1 aliphatic rings. The molecule has 0 aliphatic carbocycles. The summed E-state index contributed by atoms with van der Waals surface area (Å²) in [6.07, 6.45) is 2.95. The molecule has 1 fully saturated rings. The second kappa shape index (κ2) is 6.39.